The number of benzene rings is 6. The summed E-state index contributed by atoms with van der Waals surface area (Å²) in [7, 11) is 0. The average molecular weight is 529 g/mol. The zero-order valence-corrected chi connectivity index (χ0v) is 22.5. The molecule has 0 fully saturated rings. The van der Waals surface area contributed by atoms with Crippen molar-refractivity contribution in [1.82, 2.24) is 0 Å². The van der Waals surface area contributed by atoms with E-state index >= 15 is 0 Å². The number of anilines is 5. The summed E-state index contributed by atoms with van der Waals surface area (Å²) in [6, 6.07) is 51.1. The Morgan fingerprint density at radius 1 is 0.475 bits per heavy atom. The SMILES string of the molecule is c1ccc(Nc2ccc3c(c2)C2(c4ccccc4-3)c3ccccc3N3c4ccccc4Sc4cccc2c43)cc1. The Hall–Kier alpha value is -4.73. The third-order valence-corrected chi connectivity index (χ3v) is 9.72. The van der Waals surface area contributed by atoms with Gasteiger partial charge < -0.3 is 10.2 Å². The van der Waals surface area contributed by atoms with Crippen LogP contribution >= 0.6 is 11.8 Å². The van der Waals surface area contributed by atoms with E-state index in [4.69, 9.17) is 0 Å². The number of fused-ring (bicyclic) bond motifs is 11. The van der Waals surface area contributed by atoms with E-state index in [1.165, 1.54) is 60.2 Å². The molecule has 9 rings (SSSR count). The second kappa shape index (κ2) is 8.14. The summed E-state index contributed by atoms with van der Waals surface area (Å²) in [6.07, 6.45) is 0. The number of rotatable bonds is 2. The quantitative estimate of drug-likeness (QED) is 0.240. The van der Waals surface area contributed by atoms with Gasteiger partial charge >= 0.3 is 0 Å². The molecule has 6 aromatic carbocycles. The molecule has 0 saturated heterocycles. The summed E-state index contributed by atoms with van der Waals surface area (Å²) in [4.78, 5) is 5.10. The van der Waals surface area contributed by atoms with Crippen molar-refractivity contribution in [2.24, 2.45) is 0 Å². The fourth-order valence-corrected chi connectivity index (χ4v) is 8.20. The van der Waals surface area contributed by atoms with Gasteiger partial charge in [0.05, 0.1) is 22.5 Å². The second-order valence-electron chi connectivity index (χ2n) is 10.6. The highest BCUT2D eigenvalue weighted by Gasteiger charge is 2.53. The van der Waals surface area contributed by atoms with E-state index in [-0.39, 0.29) is 0 Å². The molecule has 6 aromatic rings. The summed E-state index contributed by atoms with van der Waals surface area (Å²) in [5.74, 6) is 0. The van der Waals surface area contributed by atoms with Gasteiger partial charge in [0.2, 0.25) is 0 Å². The number of para-hydroxylation sites is 4. The maximum atomic E-state index is 3.67. The predicted molar refractivity (Wildman–Crippen MR) is 166 cm³/mol. The third-order valence-electron chi connectivity index (χ3n) is 8.61. The lowest BCUT2D eigenvalue weighted by Gasteiger charge is -2.47. The van der Waals surface area contributed by atoms with Gasteiger partial charge in [-0.15, -0.1) is 0 Å². The summed E-state index contributed by atoms with van der Waals surface area (Å²) in [5.41, 5.74) is 13.5. The van der Waals surface area contributed by atoms with Gasteiger partial charge in [0.15, 0.2) is 0 Å². The van der Waals surface area contributed by atoms with Crippen LogP contribution in [0.3, 0.4) is 0 Å². The lowest BCUT2D eigenvalue weighted by molar-refractivity contribution is 0.747. The van der Waals surface area contributed by atoms with Crippen molar-refractivity contribution < 1.29 is 0 Å². The van der Waals surface area contributed by atoms with E-state index in [1.807, 2.05) is 11.8 Å². The molecule has 40 heavy (non-hydrogen) atoms. The summed E-state index contributed by atoms with van der Waals surface area (Å²) < 4.78 is 0. The van der Waals surface area contributed by atoms with Gasteiger partial charge in [0.1, 0.15) is 0 Å². The first-order valence-electron chi connectivity index (χ1n) is 13.7. The molecule has 0 amide bonds. The molecule has 0 radical (unpaired) electrons. The molecule has 2 heterocycles. The minimum atomic E-state index is -0.425. The Bertz CT molecular complexity index is 1980. The highest BCUT2D eigenvalue weighted by Crippen LogP contribution is 2.66. The van der Waals surface area contributed by atoms with E-state index < -0.39 is 5.41 Å². The fourth-order valence-electron chi connectivity index (χ4n) is 7.11. The number of nitrogens with zero attached hydrogens (tertiary/aromatic N) is 1. The maximum Gasteiger partial charge on any atom is 0.0755 e. The fraction of sp³-hybridized carbons (Fsp3) is 0.0270. The highest BCUT2D eigenvalue weighted by atomic mass is 32.2. The molecule has 1 atom stereocenters. The number of nitrogens with one attached hydrogen (secondary N) is 1. The van der Waals surface area contributed by atoms with Crippen LogP contribution in [0.25, 0.3) is 11.1 Å². The zero-order valence-electron chi connectivity index (χ0n) is 21.6. The topological polar surface area (TPSA) is 15.3 Å². The van der Waals surface area contributed by atoms with Crippen LogP contribution in [0.5, 0.6) is 0 Å². The standard InChI is InChI=1S/C37H24N2S/c1-2-11-24(12-3-1)38-25-21-22-27-26-13-4-5-14-28(26)37(31(27)23-25)29-15-6-7-17-32(29)39-33-18-8-9-19-34(33)40-35-20-10-16-30(37)36(35)39/h1-23,38H. The van der Waals surface area contributed by atoms with E-state index in [0.29, 0.717) is 0 Å². The Kier molecular flexibility index (Phi) is 4.50. The molecule has 0 saturated carbocycles. The molecule has 0 aromatic heterocycles. The Morgan fingerprint density at radius 3 is 2.05 bits per heavy atom. The van der Waals surface area contributed by atoms with Crippen molar-refractivity contribution in [3.05, 3.63) is 162 Å². The summed E-state index contributed by atoms with van der Waals surface area (Å²) >= 11 is 1.88. The molecule has 1 spiro atoms. The van der Waals surface area contributed by atoms with Crippen LogP contribution in [0.2, 0.25) is 0 Å². The largest absolute Gasteiger partial charge is 0.356 e. The van der Waals surface area contributed by atoms with Crippen molar-refractivity contribution in [3.63, 3.8) is 0 Å². The molecule has 1 N–H and O–H groups in total. The van der Waals surface area contributed by atoms with Crippen LogP contribution < -0.4 is 10.2 Å². The lowest BCUT2D eigenvalue weighted by Crippen LogP contribution is -2.37. The molecular weight excluding hydrogens is 504 g/mol. The molecule has 2 nitrogen and oxygen atoms in total. The molecule has 0 bridgehead atoms. The smallest absolute Gasteiger partial charge is 0.0755 e. The van der Waals surface area contributed by atoms with Crippen LogP contribution in [0, 0.1) is 0 Å². The molecule has 3 heteroatoms. The van der Waals surface area contributed by atoms with Crippen LogP contribution in [-0.2, 0) is 5.41 Å². The zero-order chi connectivity index (χ0) is 26.3. The maximum absolute atomic E-state index is 3.67. The minimum Gasteiger partial charge on any atom is -0.356 e. The summed E-state index contributed by atoms with van der Waals surface area (Å²) in [6.45, 7) is 0. The van der Waals surface area contributed by atoms with Crippen LogP contribution in [-0.4, -0.2) is 0 Å². The van der Waals surface area contributed by atoms with Crippen LogP contribution in [0.15, 0.2) is 149 Å². The molecule has 2 aliphatic heterocycles. The highest BCUT2D eigenvalue weighted by molar-refractivity contribution is 7.99. The third kappa shape index (κ3) is 2.80. The Morgan fingerprint density at radius 2 is 1.15 bits per heavy atom. The number of hydrogen-bond acceptors (Lipinski definition) is 3. The number of hydrogen-bond donors (Lipinski definition) is 1. The molecule has 1 aliphatic carbocycles. The van der Waals surface area contributed by atoms with Gasteiger partial charge in [0.25, 0.3) is 0 Å². The van der Waals surface area contributed by atoms with Crippen LogP contribution in [0.4, 0.5) is 28.4 Å². The Balaban J connectivity index is 1.39. The lowest BCUT2D eigenvalue weighted by atomic mass is 9.64. The summed E-state index contributed by atoms with van der Waals surface area (Å²) in [5, 5.41) is 3.67. The van der Waals surface area contributed by atoms with Gasteiger partial charge in [-0.1, -0.05) is 103 Å². The van der Waals surface area contributed by atoms with Crippen LogP contribution in [0.1, 0.15) is 22.3 Å². The van der Waals surface area contributed by atoms with E-state index in [2.05, 4.69) is 150 Å². The van der Waals surface area contributed by atoms with Gasteiger partial charge in [-0.25, -0.2) is 0 Å². The van der Waals surface area contributed by atoms with Crippen molar-refractivity contribution in [2.75, 3.05) is 10.2 Å². The van der Waals surface area contributed by atoms with E-state index in [0.717, 1.165) is 11.4 Å². The Labute approximate surface area is 237 Å². The molecule has 3 aliphatic rings. The second-order valence-corrected chi connectivity index (χ2v) is 11.7. The van der Waals surface area contributed by atoms with E-state index in [1.54, 1.807) is 0 Å². The predicted octanol–water partition coefficient (Wildman–Crippen LogP) is 10.0. The minimum absolute atomic E-state index is 0.425. The molecular formula is C37H24N2S. The molecule has 1 unspecified atom stereocenters. The van der Waals surface area contributed by atoms with Gasteiger partial charge in [-0.2, -0.15) is 0 Å². The van der Waals surface area contributed by atoms with Crippen molar-refractivity contribution in [2.45, 2.75) is 15.2 Å². The van der Waals surface area contributed by atoms with Crippen molar-refractivity contribution >= 4 is 40.2 Å². The molecule has 188 valence electrons. The first kappa shape index (κ1) is 22.1. The monoisotopic (exact) mass is 528 g/mol. The van der Waals surface area contributed by atoms with Crippen molar-refractivity contribution in [3.8, 4) is 11.1 Å². The average Bonchev–Trinajstić information content (AvgIpc) is 3.30. The normalized spacial score (nSPS) is 16.9. The van der Waals surface area contributed by atoms with Gasteiger partial charge in [0, 0.05) is 21.2 Å². The van der Waals surface area contributed by atoms with Gasteiger partial charge in [-0.3, -0.25) is 0 Å². The first-order chi connectivity index (χ1) is 19.8. The van der Waals surface area contributed by atoms with E-state index in [9.17, 15) is 0 Å². The van der Waals surface area contributed by atoms with Gasteiger partial charge in [-0.05, 0) is 81.9 Å². The van der Waals surface area contributed by atoms with Crippen molar-refractivity contribution in [1.29, 1.82) is 0 Å². The first-order valence-corrected chi connectivity index (χ1v) is 14.5.